The second-order valence-electron chi connectivity index (χ2n) is 9.25. The Bertz CT molecular complexity index is 1470. The number of benzene rings is 1. The predicted octanol–water partition coefficient (Wildman–Crippen LogP) is 2.75. The van der Waals surface area contributed by atoms with Crippen LogP contribution in [0, 0.1) is 0 Å². The molecular weight excluding hydrogens is 562 g/mol. The van der Waals surface area contributed by atoms with Gasteiger partial charge in [-0.15, -0.1) is 0 Å². The molecule has 41 heavy (non-hydrogen) atoms. The van der Waals surface area contributed by atoms with Crippen molar-refractivity contribution < 1.29 is 47.6 Å². The van der Waals surface area contributed by atoms with Crippen LogP contribution in [0.4, 0.5) is 0 Å². The Hall–Kier alpha value is -4.23. The third-order valence-corrected chi connectivity index (χ3v) is 6.30. The first-order valence-corrected chi connectivity index (χ1v) is 12.8. The molecule has 0 bridgehead atoms. The highest BCUT2D eigenvalue weighted by Gasteiger charge is 2.53. The van der Waals surface area contributed by atoms with Gasteiger partial charge in [0.25, 0.3) is 0 Å². The molecule has 0 saturated carbocycles. The summed E-state index contributed by atoms with van der Waals surface area (Å²) in [6.45, 7) is 4.22. The quantitative estimate of drug-likeness (QED) is 0.280. The maximum atomic E-state index is 12.0. The van der Waals surface area contributed by atoms with E-state index < -0.39 is 54.6 Å². The van der Waals surface area contributed by atoms with E-state index in [-0.39, 0.29) is 17.4 Å². The van der Waals surface area contributed by atoms with Crippen molar-refractivity contribution >= 4 is 46.6 Å². The minimum Gasteiger partial charge on any atom is -0.463 e. The maximum Gasteiger partial charge on any atom is 0.303 e. The number of halogens is 1. The first-order chi connectivity index (χ1) is 19.4. The van der Waals surface area contributed by atoms with Crippen LogP contribution >= 0.6 is 11.6 Å². The summed E-state index contributed by atoms with van der Waals surface area (Å²) in [4.78, 5) is 56.3. The highest BCUT2D eigenvalue weighted by Crippen LogP contribution is 2.35. The molecule has 13 nitrogen and oxygen atoms in total. The SMILES string of the molecule is CC(=O)OCC1OC(Oc2ccc(-c3cnc4c(c3)ncn4C)cc2Cl)C(OC(C)=O)C(OC(C)=O)C1OC(C)=O. The van der Waals surface area contributed by atoms with Gasteiger partial charge in [0.2, 0.25) is 12.4 Å². The Labute approximate surface area is 239 Å². The van der Waals surface area contributed by atoms with Crippen LogP contribution in [0.2, 0.25) is 5.02 Å². The highest BCUT2D eigenvalue weighted by atomic mass is 35.5. The van der Waals surface area contributed by atoms with Crippen LogP contribution in [0.1, 0.15) is 27.7 Å². The van der Waals surface area contributed by atoms with Gasteiger partial charge in [0.05, 0.1) is 11.3 Å². The number of rotatable bonds is 8. The smallest absolute Gasteiger partial charge is 0.303 e. The van der Waals surface area contributed by atoms with Crippen LogP contribution in [0.15, 0.2) is 36.8 Å². The zero-order chi connectivity index (χ0) is 29.8. The molecule has 0 N–H and O–H groups in total. The first-order valence-electron chi connectivity index (χ1n) is 12.5. The molecule has 0 spiro atoms. The van der Waals surface area contributed by atoms with E-state index in [2.05, 4.69) is 9.97 Å². The minimum absolute atomic E-state index is 0.142. The summed E-state index contributed by atoms with van der Waals surface area (Å²) >= 11 is 6.58. The number of imidazole rings is 1. The van der Waals surface area contributed by atoms with Crippen molar-refractivity contribution in [2.24, 2.45) is 7.05 Å². The second kappa shape index (κ2) is 12.5. The van der Waals surface area contributed by atoms with Gasteiger partial charge >= 0.3 is 23.9 Å². The molecule has 3 aromatic rings. The number of hydrogen-bond acceptors (Lipinski definition) is 12. The van der Waals surface area contributed by atoms with Crippen molar-refractivity contribution in [2.45, 2.75) is 58.4 Å². The van der Waals surface area contributed by atoms with E-state index in [1.54, 1.807) is 35.3 Å². The van der Waals surface area contributed by atoms with Crippen molar-refractivity contribution in [2.75, 3.05) is 6.61 Å². The molecule has 0 radical (unpaired) electrons. The number of carbonyl (C=O) groups is 4. The van der Waals surface area contributed by atoms with E-state index in [4.69, 9.17) is 40.0 Å². The molecule has 0 amide bonds. The van der Waals surface area contributed by atoms with Gasteiger partial charge in [-0.2, -0.15) is 0 Å². The average molecular weight is 590 g/mol. The largest absolute Gasteiger partial charge is 0.463 e. The molecule has 218 valence electrons. The van der Waals surface area contributed by atoms with Crippen LogP contribution in [0.5, 0.6) is 5.75 Å². The maximum absolute atomic E-state index is 12.0. The molecular formula is C27H28ClN3O10. The van der Waals surface area contributed by atoms with E-state index in [1.165, 1.54) is 6.92 Å². The first kappa shape index (κ1) is 29.7. The number of ether oxygens (including phenoxy) is 6. The van der Waals surface area contributed by atoms with Crippen LogP contribution < -0.4 is 4.74 Å². The molecule has 1 fully saturated rings. The van der Waals surface area contributed by atoms with Gasteiger partial charge in [-0.25, -0.2) is 9.97 Å². The lowest BCUT2D eigenvalue weighted by atomic mass is 9.98. The molecule has 1 aliphatic rings. The molecule has 1 aromatic carbocycles. The monoisotopic (exact) mass is 589 g/mol. The van der Waals surface area contributed by atoms with E-state index in [1.807, 2.05) is 13.1 Å². The summed E-state index contributed by atoms with van der Waals surface area (Å²) in [5.74, 6) is -2.72. The topological polar surface area (TPSA) is 154 Å². The average Bonchev–Trinajstić information content (AvgIpc) is 3.26. The third kappa shape index (κ3) is 7.11. The van der Waals surface area contributed by atoms with Gasteiger partial charge in [0.15, 0.2) is 17.9 Å². The van der Waals surface area contributed by atoms with E-state index in [0.717, 1.165) is 37.5 Å². The van der Waals surface area contributed by atoms with E-state index >= 15 is 0 Å². The van der Waals surface area contributed by atoms with Crippen LogP contribution in [0.25, 0.3) is 22.3 Å². The summed E-state index contributed by atoms with van der Waals surface area (Å²) in [7, 11) is 1.85. The molecule has 5 atom stereocenters. The fourth-order valence-corrected chi connectivity index (χ4v) is 4.58. The van der Waals surface area contributed by atoms with Crippen molar-refractivity contribution in [1.29, 1.82) is 0 Å². The van der Waals surface area contributed by atoms with Crippen molar-refractivity contribution in [3.63, 3.8) is 0 Å². The summed E-state index contributed by atoms with van der Waals surface area (Å²) < 4.78 is 35.1. The molecule has 1 saturated heterocycles. The van der Waals surface area contributed by atoms with Gasteiger partial charge in [0, 0.05) is 46.5 Å². The molecule has 14 heteroatoms. The number of esters is 4. The number of nitrogens with zero attached hydrogens (tertiary/aromatic N) is 3. The number of fused-ring (bicyclic) bond motifs is 1. The Balaban J connectivity index is 1.66. The normalized spacial score (nSPS) is 22.0. The molecule has 1 aliphatic heterocycles. The Morgan fingerprint density at radius 2 is 1.54 bits per heavy atom. The Morgan fingerprint density at radius 3 is 2.17 bits per heavy atom. The number of pyridine rings is 1. The molecule has 0 aliphatic carbocycles. The van der Waals surface area contributed by atoms with Gasteiger partial charge in [0.1, 0.15) is 24.0 Å². The van der Waals surface area contributed by atoms with Gasteiger partial charge in [-0.05, 0) is 23.8 Å². The van der Waals surface area contributed by atoms with Gasteiger partial charge in [-0.3, -0.25) is 19.2 Å². The van der Waals surface area contributed by atoms with E-state index in [0.29, 0.717) is 5.52 Å². The van der Waals surface area contributed by atoms with Crippen LogP contribution in [-0.4, -0.2) is 75.7 Å². The summed E-state index contributed by atoms with van der Waals surface area (Å²) in [6.07, 6.45) is -3.26. The number of hydrogen-bond donors (Lipinski definition) is 0. The summed E-state index contributed by atoms with van der Waals surface area (Å²) in [5, 5.41) is 0.177. The van der Waals surface area contributed by atoms with Crippen LogP contribution in [-0.2, 0) is 49.9 Å². The lowest BCUT2D eigenvalue weighted by Gasteiger charge is -2.44. The Morgan fingerprint density at radius 1 is 0.878 bits per heavy atom. The molecule has 5 unspecified atom stereocenters. The standard InChI is InChI=1S/C27H28ClN3O10/c1-13(32)36-11-22-23(37-14(2)33)24(38-15(3)34)25(39-16(4)35)27(41-22)40-21-7-6-17(8-19(21)28)18-9-20-26(29-10-18)31(5)12-30-20/h6-10,12,22-25,27H,11H2,1-5H3. The second-order valence-corrected chi connectivity index (χ2v) is 9.66. The minimum atomic E-state index is -1.41. The predicted molar refractivity (Wildman–Crippen MR) is 142 cm³/mol. The van der Waals surface area contributed by atoms with Gasteiger partial charge < -0.3 is 33.0 Å². The zero-order valence-electron chi connectivity index (χ0n) is 22.9. The lowest BCUT2D eigenvalue weighted by molar-refractivity contribution is -0.288. The van der Waals surface area contributed by atoms with Crippen molar-refractivity contribution in [1.82, 2.24) is 14.5 Å². The van der Waals surface area contributed by atoms with Crippen LogP contribution in [0.3, 0.4) is 0 Å². The zero-order valence-corrected chi connectivity index (χ0v) is 23.6. The molecule has 3 heterocycles. The van der Waals surface area contributed by atoms with Crippen molar-refractivity contribution in [3.8, 4) is 16.9 Å². The number of aryl methyl sites for hydroxylation is 1. The van der Waals surface area contributed by atoms with E-state index in [9.17, 15) is 19.2 Å². The summed E-state index contributed by atoms with van der Waals surface area (Å²) in [5.41, 5.74) is 2.92. The fraction of sp³-hybridized carbons (Fsp3) is 0.407. The lowest BCUT2D eigenvalue weighted by Crippen LogP contribution is -2.63. The molecule has 4 rings (SSSR count). The summed E-state index contributed by atoms with van der Waals surface area (Å²) in [6, 6.07) is 6.83. The number of carbonyl (C=O) groups excluding carboxylic acids is 4. The Kier molecular flexibility index (Phi) is 9.08. The highest BCUT2D eigenvalue weighted by molar-refractivity contribution is 6.32. The van der Waals surface area contributed by atoms with Gasteiger partial charge in [-0.1, -0.05) is 17.7 Å². The number of aromatic nitrogens is 3. The fourth-order valence-electron chi connectivity index (χ4n) is 4.36. The molecule has 2 aromatic heterocycles. The van der Waals surface area contributed by atoms with Crippen molar-refractivity contribution in [3.05, 3.63) is 41.8 Å². The third-order valence-electron chi connectivity index (χ3n) is 6.01.